The summed E-state index contributed by atoms with van der Waals surface area (Å²) in [6.07, 6.45) is 5.91. The van der Waals surface area contributed by atoms with Crippen LogP contribution in [0.15, 0.2) is 47.1 Å². The van der Waals surface area contributed by atoms with E-state index in [1.54, 1.807) is 18.4 Å². The zero-order chi connectivity index (χ0) is 19.3. The molecule has 2 aromatic rings. The van der Waals surface area contributed by atoms with Crippen LogP contribution in [0.1, 0.15) is 41.8 Å². The van der Waals surface area contributed by atoms with Gasteiger partial charge in [-0.1, -0.05) is 25.0 Å². The summed E-state index contributed by atoms with van der Waals surface area (Å²) in [5.41, 5.74) is 1.08. The smallest absolute Gasteiger partial charge is 0.289 e. The Morgan fingerprint density at radius 3 is 2.68 bits per heavy atom. The van der Waals surface area contributed by atoms with Gasteiger partial charge in [0.25, 0.3) is 5.91 Å². The number of furan rings is 1. The van der Waals surface area contributed by atoms with E-state index in [1.165, 1.54) is 12.1 Å². The van der Waals surface area contributed by atoms with E-state index in [9.17, 15) is 9.18 Å². The second kappa shape index (κ2) is 8.88. The molecule has 0 bridgehead atoms. The molecule has 28 heavy (non-hydrogen) atoms. The summed E-state index contributed by atoms with van der Waals surface area (Å²) in [7, 11) is 0. The Hall–Kier alpha value is -2.18. The standard InChI is InChI=1S/C22H27FN2O3/c23-18-9-7-17(8-10-18)14-24-11-13-27-20(15-24)16-25(19-4-1-2-5-19)22(26)21-6-3-12-28-21/h3,6-10,12,19-20H,1-2,4-5,11,13-16H2/t20-/m0/s1. The van der Waals surface area contributed by atoms with Gasteiger partial charge >= 0.3 is 0 Å². The molecule has 0 unspecified atom stereocenters. The van der Waals surface area contributed by atoms with Crippen LogP contribution in [0.3, 0.4) is 0 Å². The van der Waals surface area contributed by atoms with E-state index in [0.717, 1.165) is 50.9 Å². The number of carbonyl (C=O) groups excluding carboxylic acids is 1. The molecule has 6 heteroatoms. The number of rotatable bonds is 6. The maximum Gasteiger partial charge on any atom is 0.289 e. The molecule has 0 spiro atoms. The van der Waals surface area contributed by atoms with Crippen molar-refractivity contribution in [3.8, 4) is 0 Å². The van der Waals surface area contributed by atoms with Gasteiger partial charge in [-0.25, -0.2) is 4.39 Å². The minimum Gasteiger partial charge on any atom is -0.459 e. The van der Waals surface area contributed by atoms with Gasteiger partial charge in [0, 0.05) is 32.2 Å². The molecule has 150 valence electrons. The zero-order valence-electron chi connectivity index (χ0n) is 16.1. The number of halogens is 1. The lowest BCUT2D eigenvalue weighted by Crippen LogP contribution is -2.50. The first-order valence-corrected chi connectivity index (χ1v) is 10.1. The summed E-state index contributed by atoms with van der Waals surface area (Å²) in [5, 5.41) is 0. The number of morpholine rings is 1. The fraction of sp³-hybridized carbons (Fsp3) is 0.500. The molecule has 5 nitrogen and oxygen atoms in total. The largest absolute Gasteiger partial charge is 0.459 e. The van der Waals surface area contributed by atoms with Crippen molar-refractivity contribution in [3.63, 3.8) is 0 Å². The van der Waals surface area contributed by atoms with Crippen LogP contribution >= 0.6 is 0 Å². The fourth-order valence-electron chi connectivity index (χ4n) is 4.26. The summed E-state index contributed by atoms with van der Waals surface area (Å²) < 4.78 is 24.5. The molecule has 1 saturated heterocycles. The summed E-state index contributed by atoms with van der Waals surface area (Å²) >= 11 is 0. The molecule has 0 N–H and O–H groups in total. The molecule has 1 aromatic carbocycles. The third-order valence-corrected chi connectivity index (χ3v) is 5.70. The molecule has 2 heterocycles. The number of amides is 1. The molecule has 4 rings (SSSR count). The van der Waals surface area contributed by atoms with Gasteiger partial charge in [-0.05, 0) is 42.7 Å². The van der Waals surface area contributed by atoms with Gasteiger partial charge in [-0.3, -0.25) is 9.69 Å². The van der Waals surface area contributed by atoms with Gasteiger partial charge in [0.1, 0.15) is 5.82 Å². The molecule has 1 atom stereocenters. The van der Waals surface area contributed by atoms with Crippen molar-refractivity contribution in [2.24, 2.45) is 0 Å². The highest BCUT2D eigenvalue weighted by atomic mass is 19.1. The third-order valence-electron chi connectivity index (χ3n) is 5.70. The molecule has 1 aliphatic heterocycles. The van der Waals surface area contributed by atoms with Crippen molar-refractivity contribution in [2.45, 2.75) is 44.4 Å². The Kier molecular flexibility index (Phi) is 6.07. The Morgan fingerprint density at radius 1 is 1.18 bits per heavy atom. The molecule has 1 aromatic heterocycles. The first kappa shape index (κ1) is 19.2. The Morgan fingerprint density at radius 2 is 1.96 bits per heavy atom. The quantitative estimate of drug-likeness (QED) is 0.759. The second-order valence-corrected chi connectivity index (χ2v) is 7.73. The predicted molar refractivity (Wildman–Crippen MR) is 103 cm³/mol. The highest BCUT2D eigenvalue weighted by Crippen LogP contribution is 2.26. The van der Waals surface area contributed by atoms with Crippen molar-refractivity contribution in [3.05, 3.63) is 59.8 Å². The van der Waals surface area contributed by atoms with E-state index in [1.807, 2.05) is 17.0 Å². The Labute approximate surface area is 165 Å². The molecule has 2 fully saturated rings. The number of benzene rings is 1. The predicted octanol–water partition coefficient (Wildman–Crippen LogP) is 3.70. The van der Waals surface area contributed by atoms with Crippen LogP contribution in [-0.2, 0) is 11.3 Å². The number of hydrogen-bond acceptors (Lipinski definition) is 4. The number of ether oxygens (including phenoxy) is 1. The van der Waals surface area contributed by atoms with Crippen molar-refractivity contribution in [2.75, 3.05) is 26.2 Å². The topological polar surface area (TPSA) is 45.9 Å². The van der Waals surface area contributed by atoms with Crippen LogP contribution < -0.4 is 0 Å². The van der Waals surface area contributed by atoms with E-state index >= 15 is 0 Å². The third kappa shape index (κ3) is 4.62. The van der Waals surface area contributed by atoms with Crippen LogP contribution in [0.4, 0.5) is 4.39 Å². The number of hydrogen-bond donors (Lipinski definition) is 0. The Balaban J connectivity index is 1.41. The average Bonchev–Trinajstić information content (AvgIpc) is 3.42. The zero-order valence-corrected chi connectivity index (χ0v) is 16.1. The van der Waals surface area contributed by atoms with Crippen molar-refractivity contribution in [1.29, 1.82) is 0 Å². The van der Waals surface area contributed by atoms with E-state index in [2.05, 4.69) is 4.90 Å². The minimum absolute atomic E-state index is 0.0336. The van der Waals surface area contributed by atoms with Crippen molar-refractivity contribution >= 4 is 5.91 Å². The van der Waals surface area contributed by atoms with E-state index in [0.29, 0.717) is 18.9 Å². The van der Waals surface area contributed by atoms with E-state index < -0.39 is 0 Å². The molecule has 1 saturated carbocycles. The SMILES string of the molecule is O=C(c1ccco1)N(C[C@@H]1CN(Cc2ccc(F)cc2)CCO1)C1CCCC1. The molecule has 0 radical (unpaired) electrons. The average molecular weight is 386 g/mol. The maximum atomic E-state index is 13.1. The first-order chi connectivity index (χ1) is 13.7. The highest BCUT2D eigenvalue weighted by molar-refractivity contribution is 5.91. The Bertz CT molecular complexity index is 757. The molecular formula is C22H27FN2O3. The van der Waals surface area contributed by atoms with E-state index in [-0.39, 0.29) is 23.9 Å². The van der Waals surface area contributed by atoms with Gasteiger partial charge in [-0.2, -0.15) is 0 Å². The molecule has 2 aliphatic rings. The van der Waals surface area contributed by atoms with E-state index in [4.69, 9.17) is 9.15 Å². The van der Waals surface area contributed by atoms with Gasteiger partial charge in [0.2, 0.25) is 0 Å². The van der Waals surface area contributed by atoms with Gasteiger partial charge in [0.15, 0.2) is 5.76 Å². The second-order valence-electron chi connectivity index (χ2n) is 7.73. The first-order valence-electron chi connectivity index (χ1n) is 10.1. The summed E-state index contributed by atoms with van der Waals surface area (Å²) in [6.45, 7) is 3.56. The highest BCUT2D eigenvalue weighted by Gasteiger charge is 2.32. The van der Waals surface area contributed by atoms with Crippen molar-refractivity contribution in [1.82, 2.24) is 9.80 Å². The minimum atomic E-state index is -0.216. The normalized spacial score (nSPS) is 21.1. The summed E-state index contributed by atoms with van der Waals surface area (Å²) in [6, 6.07) is 10.4. The van der Waals surface area contributed by atoms with Crippen LogP contribution in [0.25, 0.3) is 0 Å². The number of nitrogens with zero attached hydrogens (tertiary/aromatic N) is 2. The summed E-state index contributed by atoms with van der Waals surface area (Å²) in [4.78, 5) is 17.3. The van der Waals surface area contributed by atoms with Crippen molar-refractivity contribution < 1.29 is 18.3 Å². The molecule has 1 aliphatic carbocycles. The van der Waals surface area contributed by atoms with Gasteiger partial charge < -0.3 is 14.1 Å². The monoisotopic (exact) mass is 386 g/mol. The molecular weight excluding hydrogens is 359 g/mol. The lowest BCUT2D eigenvalue weighted by Gasteiger charge is -2.37. The lowest BCUT2D eigenvalue weighted by atomic mass is 10.1. The van der Waals surface area contributed by atoms with Crippen LogP contribution in [0.5, 0.6) is 0 Å². The molecule has 1 amide bonds. The van der Waals surface area contributed by atoms with Gasteiger partial charge in [0.05, 0.1) is 19.0 Å². The van der Waals surface area contributed by atoms with Gasteiger partial charge in [-0.15, -0.1) is 0 Å². The maximum absolute atomic E-state index is 13.1. The summed E-state index contributed by atoms with van der Waals surface area (Å²) in [5.74, 6) is 0.134. The fourth-order valence-corrected chi connectivity index (χ4v) is 4.26. The number of carbonyl (C=O) groups is 1. The van der Waals surface area contributed by atoms with Crippen LogP contribution in [0.2, 0.25) is 0 Å². The van der Waals surface area contributed by atoms with Crippen LogP contribution in [0, 0.1) is 5.82 Å². The van der Waals surface area contributed by atoms with Crippen LogP contribution in [-0.4, -0.2) is 54.1 Å². The lowest BCUT2D eigenvalue weighted by molar-refractivity contribution is -0.0471.